The lowest BCUT2D eigenvalue weighted by atomic mass is 10.1. The molecule has 140 valence electrons. The van der Waals surface area contributed by atoms with Crippen molar-refractivity contribution in [3.05, 3.63) is 41.6 Å². The number of rotatable bonds is 6. The summed E-state index contributed by atoms with van der Waals surface area (Å²) in [5, 5.41) is 3.33. The van der Waals surface area contributed by atoms with E-state index in [1.165, 1.54) is 5.56 Å². The lowest BCUT2D eigenvalue weighted by molar-refractivity contribution is 0.599. The van der Waals surface area contributed by atoms with E-state index in [0.717, 1.165) is 23.6 Å². The molecule has 0 bridgehead atoms. The summed E-state index contributed by atoms with van der Waals surface area (Å²) >= 11 is 0. The maximum atomic E-state index is 11.8. The number of aromatic nitrogens is 2. The molecule has 1 saturated heterocycles. The van der Waals surface area contributed by atoms with Crippen LogP contribution in [0.15, 0.2) is 30.3 Å². The molecule has 1 aromatic heterocycles. The van der Waals surface area contributed by atoms with Crippen molar-refractivity contribution in [2.75, 3.05) is 28.3 Å². The summed E-state index contributed by atoms with van der Waals surface area (Å²) < 4.78 is 23.7. The van der Waals surface area contributed by atoms with Gasteiger partial charge in [0.15, 0.2) is 9.84 Å². The number of nitrogens with one attached hydrogen (secondary N) is 1. The summed E-state index contributed by atoms with van der Waals surface area (Å²) in [6, 6.07) is 10.1. The molecule has 0 radical (unpaired) electrons. The van der Waals surface area contributed by atoms with Gasteiger partial charge in [-0.05, 0) is 44.4 Å². The first-order chi connectivity index (χ1) is 12.4. The van der Waals surface area contributed by atoms with Gasteiger partial charge in [0, 0.05) is 30.0 Å². The predicted octanol–water partition coefficient (Wildman–Crippen LogP) is 3.10. The molecule has 1 atom stereocenters. The van der Waals surface area contributed by atoms with E-state index in [9.17, 15) is 8.42 Å². The Morgan fingerprint density at radius 3 is 2.50 bits per heavy atom. The first-order valence-electron chi connectivity index (χ1n) is 9.09. The van der Waals surface area contributed by atoms with Gasteiger partial charge in [0.1, 0.15) is 5.82 Å². The molecule has 6 nitrogen and oxygen atoms in total. The molecular weight excluding hydrogens is 348 g/mol. The van der Waals surface area contributed by atoms with Crippen LogP contribution in [0.25, 0.3) is 0 Å². The van der Waals surface area contributed by atoms with Gasteiger partial charge in [-0.1, -0.05) is 19.1 Å². The van der Waals surface area contributed by atoms with E-state index < -0.39 is 9.84 Å². The summed E-state index contributed by atoms with van der Waals surface area (Å²) in [5.41, 5.74) is 3.11. The predicted molar refractivity (Wildman–Crippen MR) is 106 cm³/mol. The molecule has 7 heteroatoms. The maximum Gasteiger partial charge on any atom is 0.227 e. The van der Waals surface area contributed by atoms with Crippen molar-refractivity contribution < 1.29 is 8.42 Å². The molecule has 2 heterocycles. The highest BCUT2D eigenvalue weighted by Gasteiger charge is 2.33. The van der Waals surface area contributed by atoms with E-state index in [2.05, 4.69) is 34.3 Å². The monoisotopic (exact) mass is 374 g/mol. The van der Waals surface area contributed by atoms with Crippen molar-refractivity contribution in [1.82, 2.24) is 9.97 Å². The van der Waals surface area contributed by atoms with Gasteiger partial charge in [0.2, 0.25) is 5.95 Å². The van der Waals surface area contributed by atoms with E-state index in [1.807, 2.05) is 36.9 Å². The first kappa shape index (κ1) is 18.6. The van der Waals surface area contributed by atoms with E-state index >= 15 is 0 Å². The van der Waals surface area contributed by atoms with Crippen LogP contribution in [0, 0.1) is 6.92 Å². The minimum Gasteiger partial charge on any atom is -0.340 e. The average molecular weight is 375 g/mol. The van der Waals surface area contributed by atoms with Crippen molar-refractivity contribution in [2.45, 2.75) is 39.7 Å². The van der Waals surface area contributed by atoms with Crippen LogP contribution >= 0.6 is 0 Å². The van der Waals surface area contributed by atoms with E-state index in [1.54, 1.807) is 0 Å². The van der Waals surface area contributed by atoms with Crippen LogP contribution in [-0.4, -0.2) is 42.5 Å². The normalized spacial score (nSPS) is 18.7. The third-order valence-corrected chi connectivity index (χ3v) is 6.47. The molecule has 1 unspecified atom stereocenters. The molecule has 26 heavy (non-hydrogen) atoms. The molecule has 0 saturated carbocycles. The fourth-order valence-electron chi connectivity index (χ4n) is 3.30. The number of sulfone groups is 1. The summed E-state index contributed by atoms with van der Waals surface area (Å²) in [5.74, 6) is 1.73. The van der Waals surface area contributed by atoms with Gasteiger partial charge >= 0.3 is 0 Å². The highest BCUT2D eigenvalue weighted by molar-refractivity contribution is 7.91. The second kappa shape index (κ2) is 7.61. The SMILES string of the molecule is CCc1ccc(Nc2cc(C)nc(N(CC)C3CCS(=O)(=O)C3)n2)cc1. The Kier molecular flexibility index (Phi) is 5.46. The van der Waals surface area contributed by atoms with Gasteiger partial charge < -0.3 is 10.2 Å². The topological polar surface area (TPSA) is 75.2 Å². The highest BCUT2D eigenvalue weighted by Crippen LogP contribution is 2.24. The van der Waals surface area contributed by atoms with E-state index in [4.69, 9.17) is 0 Å². The Labute approximate surface area is 155 Å². The number of hydrogen-bond donors (Lipinski definition) is 1. The Morgan fingerprint density at radius 1 is 1.19 bits per heavy atom. The standard InChI is InChI=1S/C19H26N4O2S/c1-4-15-6-8-16(9-7-15)21-18-12-14(3)20-19(22-18)23(5-2)17-10-11-26(24,25)13-17/h6-9,12,17H,4-5,10-11,13H2,1-3H3,(H,20,21,22). The molecule has 0 aliphatic carbocycles. The number of nitrogens with zero attached hydrogens (tertiary/aromatic N) is 3. The van der Waals surface area contributed by atoms with Crippen LogP contribution in [0.5, 0.6) is 0 Å². The largest absolute Gasteiger partial charge is 0.340 e. The van der Waals surface area contributed by atoms with Gasteiger partial charge in [-0.2, -0.15) is 4.98 Å². The Bertz CT molecular complexity index is 866. The molecule has 1 fully saturated rings. The molecular formula is C19H26N4O2S. The van der Waals surface area contributed by atoms with Crippen molar-refractivity contribution in [2.24, 2.45) is 0 Å². The molecule has 1 aliphatic rings. The van der Waals surface area contributed by atoms with Crippen molar-refractivity contribution in [3.8, 4) is 0 Å². The second-order valence-electron chi connectivity index (χ2n) is 6.71. The molecule has 2 aromatic rings. The highest BCUT2D eigenvalue weighted by atomic mass is 32.2. The second-order valence-corrected chi connectivity index (χ2v) is 8.94. The van der Waals surface area contributed by atoms with Gasteiger partial charge in [0.25, 0.3) is 0 Å². The fourth-order valence-corrected chi connectivity index (χ4v) is 5.03. The van der Waals surface area contributed by atoms with Crippen LogP contribution in [0.4, 0.5) is 17.5 Å². The van der Waals surface area contributed by atoms with E-state index in [-0.39, 0.29) is 17.5 Å². The van der Waals surface area contributed by atoms with Crippen molar-refractivity contribution in [3.63, 3.8) is 0 Å². The number of benzene rings is 1. The van der Waals surface area contributed by atoms with Crippen molar-refractivity contribution in [1.29, 1.82) is 0 Å². The summed E-state index contributed by atoms with van der Waals surface area (Å²) in [7, 11) is -2.95. The first-order valence-corrected chi connectivity index (χ1v) is 10.9. The fraction of sp³-hybridized carbons (Fsp3) is 0.474. The van der Waals surface area contributed by atoms with E-state index in [0.29, 0.717) is 18.9 Å². The minimum absolute atomic E-state index is 0.0523. The summed E-state index contributed by atoms with van der Waals surface area (Å²) in [6.07, 6.45) is 1.64. The molecule has 0 amide bonds. The summed E-state index contributed by atoms with van der Waals surface area (Å²) in [4.78, 5) is 11.2. The lowest BCUT2D eigenvalue weighted by Crippen LogP contribution is -2.37. The van der Waals surface area contributed by atoms with Crippen LogP contribution in [-0.2, 0) is 16.3 Å². The average Bonchev–Trinajstić information content (AvgIpc) is 2.95. The number of hydrogen-bond acceptors (Lipinski definition) is 6. The maximum absolute atomic E-state index is 11.8. The minimum atomic E-state index is -2.95. The zero-order chi connectivity index (χ0) is 18.7. The molecule has 3 rings (SSSR count). The lowest BCUT2D eigenvalue weighted by Gasteiger charge is -2.27. The van der Waals surface area contributed by atoms with Gasteiger partial charge in [-0.25, -0.2) is 13.4 Å². The van der Waals surface area contributed by atoms with Crippen LogP contribution < -0.4 is 10.2 Å². The van der Waals surface area contributed by atoms with Crippen LogP contribution in [0.2, 0.25) is 0 Å². The Balaban J connectivity index is 1.84. The zero-order valence-corrected chi connectivity index (χ0v) is 16.4. The third kappa shape index (κ3) is 4.33. The molecule has 1 aromatic carbocycles. The third-order valence-electron chi connectivity index (χ3n) is 4.72. The zero-order valence-electron chi connectivity index (χ0n) is 15.6. The quantitative estimate of drug-likeness (QED) is 0.837. The molecule has 1 N–H and O–H groups in total. The smallest absolute Gasteiger partial charge is 0.227 e. The molecule has 1 aliphatic heterocycles. The van der Waals surface area contributed by atoms with Crippen LogP contribution in [0.1, 0.15) is 31.5 Å². The number of aryl methyl sites for hydroxylation is 2. The van der Waals surface area contributed by atoms with Gasteiger partial charge in [-0.15, -0.1) is 0 Å². The van der Waals surface area contributed by atoms with Crippen molar-refractivity contribution >= 4 is 27.3 Å². The Hall–Kier alpha value is -2.15. The Morgan fingerprint density at radius 2 is 1.92 bits per heavy atom. The molecule has 0 spiro atoms. The van der Waals surface area contributed by atoms with Crippen LogP contribution in [0.3, 0.4) is 0 Å². The van der Waals surface area contributed by atoms with Gasteiger partial charge in [-0.3, -0.25) is 0 Å². The van der Waals surface area contributed by atoms with Gasteiger partial charge in [0.05, 0.1) is 11.5 Å². The summed E-state index contributed by atoms with van der Waals surface area (Å²) in [6.45, 7) is 6.74. The number of anilines is 3.